The summed E-state index contributed by atoms with van der Waals surface area (Å²) in [6.45, 7) is 7.20. The molecule has 0 aliphatic rings. The summed E-state index contributed by atoms with van der Waals surface area (Å²) < 4.78 is 5.53. The maximum Gasteiger partial charge on any atom is 0.313 e. The molecular formula is C16H24N2O3. The summed E-state index contributed by atoms with van der Waals surface area (Å²) in [4.78, 5) is 23.2. The number of nitrogens with one attached hydrogen (secondary N) is 2. The van der Waals surface area contributed by atoms with Crippen LogP contribution in [0, 0.1) is 5.92 Å². The predicted octanol–water partition coefficient (Wildman–Crippen LogP) is 2.58. The van der Waals surface area contributed by atoms with E-state index < -0.39 is 11.8 Å². The van der Waals surface area contributed by atoms with Crippen molar-refractivity contribution in [1.82, 2.24) is 5.32 Å². The van der Waals surface area contributed by atoms with Gasteiger partial charge in [-0.05, 0) is 36.6 Å². The van der Waals surface area contributed by atoms with Gasteiger partial charge >= 0.3 is 11.8 Å². The number of hydrogen-bond donors (Lipinski definition) is 2. The molecule has 1 aromatic rings. The second-order valence-electron chi connectivity index (χ2n) is 5.28. The van der Waals surface area contributed by atoms with E-state index in [-0.39, 0.29) is 0 Å². The van der Waals surface area contributed by atoms with E-state index >= 15 is 0 Å². The highest BCUT2D eigenvalue weighted by molar-refractivity contribution is 6.39. The monoisotopic (exact) mass is 292 g/mol. The van der Waals surface area contributed by atoms with Gasteiger partial charge in [0.15, 0.2) is 0 Å². The smallest absolute Gasteiger partial charge is 0.313 e. The lowest BCUT2D eigenvalue weighted by atomic mass is 10.2. The summed E-state index contributed by atoms with van der Waals surface area (Å²) in [5.41, 5.74) is 0.572. The molecule has 2 amide bonds. The van der Waals surface area contributed by atoms with Crippen molar-refractivity contribution in [1.29, 1.82) is 0 Å². The van der Waals surface area contributed by atoms with Crippen molar-refractivity contribution < 1.29 is 14.3 Å². The lowest BCUT2D eigenvalue weighted by Gasteiger charge is -2.09. The molecule has 0 atom stereocenters. The summed E-state index contributed by atoms with van der Waals surface area (Å²) in [6.07, 6.45) is 2.09. The van der Waals surface area contributed by atoms with Gasteiger partial charge in [0.2, 0.25) is 0 Å². The molecule has 1 rings (SSSR count). The number of rotatable bonds is 7. The summed E-state index contributed by atoms with van der Waals surface area (Å²) in [6, 6.07) is 6.98. The van der Waals surface area contributed by atoms with E-state index in [1.165, 1.54) is 0 Å². The van der Waals surface area contributed by atoms with Gasteiger partial charge in [0.05, 0.1) is 6.61 Å². The number of carbonyl (C=O) groups is 2. The predicted molar refractivity (Wildman–Crippen MR) is 83.3 cm³/mol. The van der Waals surface area contributed by atoms with E-state index in [2.05, 4.69) is 17.6 Å². The molecule has 5 heteroatoms. The summed E-state index contributed by atoms with van der Waals surface area (Å²) >= 11 is 0. The first-order valence-corrected chi connectivity index (χ1v) is 7.35. The zero-order chi connectivity index (χ0) is 15.7. The van der Waals surface area contributed by atoms with Crippen LogP contribution in [0.4, 0.5) is 5.69 Å². The molecule has 0 bridgehead atoms. The average molecular weight is 292 g/mol. The lowest BCUT2D eigenvalue weighted by molar-refractivity contribution is -0.136. The first-order valence-electron chi connectivity index (χ1n) is 7.35. The van der Waals surface area contributed by atoms with Crippen LogP contribution in [-0.4, -0.2) is 25.0 Å². The largest absolute Gasteiger partial charge is 0.494 e. The number of hydrogen-bond acceptors (Lipinski definition) is 3. The Morgan fingerprint density at radius 2 is 1.81 bits per heavy atom. The van der Waals surface area contributed by atoms with Gasteiger partial charge in [0.1, 0.15) is 5.75 Å². The van der Waals surface area contributed by atoms with E-state index in [9.17, 15) is 9.59 Å². The SMILES string of the molecule is CCCCOc1ccc(NC(=O)C(=O)NCC(C)C)cc1. The van der Waals surface area contributed by atoms with Crippen LogP contribution in [0.2, 0.25) is 0 Å². The minimum atomic E-state index is -0.657. The van der Waals surface area contributed by atoms with E-state index in [0.29, 0.717) is 24.8 Å². The topological polar surface area (TPSA) is 67.4 Å². The van der Waals surface area contributed by atoms with Gasteiger partial charge in [-0.1, -0.05) is 27.2 Å². The molecule has 0 spiro atoms. The Balaban J connectivity index is 2.43. The van der Waals surface area contributed by atoms with Crippen LogP contribution in [0.5, 0.6) is 5.75 Å². The van der Waals surface area contributed by atoms with Gasteiger partial charge < -0.3 is 15.4 Å². The number of benzene rings is 1. The zero-order valence-electron chi connectivity index (χ0n) is 12.9. The highest BCUT2D eigenvalue weighted by Crippen LogP contribution is 2.15. The van der Waals surface area contributed by atoms with E-state index in [4.69, 9.17) is 4.74 Å². The molecule has 116 valence electrons. The first-order chi connectivity index (χ1) is 10.0. The third-order valence-electron chi connectivity index (χ3n) is 2.76. The summed E-state index contributed by atoms with van der Waals surface area (Å²) in [5, 5.41) is 5.13. The Kier molecular flexibility index (Phi) is 7.29. The molecule has 1 aromatic carbocycles. The van der Waals surface area contributed by atoms with Crippen LogP contribution in [0.1, 0.15) is 33.6 Å². The molecule has 0 aliphatic heterocycles. The fraction of sp³-hybridized carbons (Fsp3) is 0.500. The van der Waals surface area contributed by atoms with E-state index in [1.807, 2.05) is 13.8 Å². The minimum Gasteiger partial charge on any atom is -0.494 e. The molecule has 0 unspecified atom stereocenters. The van der Waals surface area contributed by atoms with Gasteiger partial charge in [0.25, 0.3) is 0 Å². The Morgan fingerprint density at radius 3 is 2.38 bits per heavy atom. The van der Waals surface area contributed by atoms with Crippen LogP contribution >= 0.6 is 0 Å². The third kappa shape index (κ3) is 6.79. The van der Waals surface area contributed by atoms with E-state index in [0.717, 1.165) is 18.6 Å². The molecule has 0 saturated heterocycles. The van der Waals surface area contributed by atoms with Crippen molar-refractivity contribution in [3.8, 4) is 5.75 Å². The third-order valence-corrected chi connectivity index (χ3v) is 2.76. The minimum absolute atomic E-state index is 0.307. The Morgan fingerprint density at radius 1 is 1.14 bits per heavy atom. The highest BCUT2D eigenvalue weighted by Gasteiger charge is 2.13. The number of carbonyl (C=O) groups excluding carboxylic acids is 2. The molecular weight excluding hydrogens is 268 g/mol. The molecule has 0 saturated carbocycles. The molecule has 5 nitrogen and oxygen atoms in total. The number of ether oxygens (including phenoxy) is 1. The Labute approximate surface area is 126 Å². The molecule has 0 aliphatic carbocycles. The van der Waals surface area contributed by atoms with Crippen molar-refractivity contribution in [3.05, 3.63) is 24.3 Å². The van der Waals surface area contributed by atoms with Crippen LogP contribution in [-0.2, 0) is 9.59 Å². The maximum atomic E-state index is 11.7. The van der Waals surface area contributed by atoms with Crippen molar-refractivity contribution in [3.63, 3.8) is 0 Å². The van der Waals surface area contributed by atoms with Gasteiger partial charge in [-0.2, -0.15) is 0 Å². The first kappa shape index (κ1) is 17.0. The van der Waals surface area contributed by atoms with Crippen LogP contribution in [0.25, 0.3) is 0 Å². The van der Waals surface area contributed by atoms with Gasteiger partial charge in [-0.15, -0.1) is 0 Å². The second kappa shape index (κ2) is 9.00. The normalized spacial score (nSPS) is 10.3. The molecule has 0 fully saturated rings. The summed E-state index contributed by atoms with van der Waals surface area (Å²) in [7, 11) is 0. The van der Waals surface area contributed by atoms with Crippen LogP contribution in [0.15, 0.2) is 24.3 Å². The Hall–Kier alpha value is -2.04. The van der Waals surface area contributed by atoms with Crippen LogP contribution in [0.3, 0.4) is 0 Å². The van der Waals surface area contributed by atoms with Gasteiger partial charge in [-0.3, -0.25) is 9.59 Å². The maximum absolute atomic E-state index is 11.7. The van der Waals surface area contributed by atoms with Gasteiger partial charge in [0, 0.05) is 12.2 Å². The number of unbranched alkanes of at least 4 members (excludes halogenated alkanes) is 1. The molecule has 0 radical (unpaired) electrons. The summed E-state index contributed by atoms with van der Waals surface area (Å²) in [5.74, 6) is -0.214. The van der Waals surface area contributed by atoms with Crippen molar-refractivity contribution in [2.45, 2.75) is 33.6 Å². The van der Waals surface area contributed by atoms with E-state index in [1.54, 1.807) is 24.3 Å². The number of anilines is 1. The molecule has 0 aromatic heterocycles. The lowest BCUT2D eigenvalue weighted by Crippen LogP contribution is -2.37. The van der Waals surface area contributed by atoms with Gasteiger partial charge in [-0.25, -0.2) is 0 Å². The standard InChI is InChI=1S/C16H24N2O3/c1-4-5-10-21-14-8-6-13(7-9-14)18-16(20)15(19)17-11-12(2)3/h6-9,12H,4-5,10-11H2,1-3H3,(H,17,19)(H,18,20). The second-order valence-corrected chi connectivity index (χ2v) is 5.28. The van der Waals surface area contributed by atoms with Crippen molar-refractivity contribution >= 4 is 17.5 Å². The van der Waals surface area contributed by atoms with Crippen molar-refractivity contribution in [2.24, 2.45) is 5.92 Å². The molecule has 2 N–H and O–H groups in total. The Bertz CT molecular complexity index is 455. The molecule has 0 heterocycles. The van der Waals surface area contributed by atoms with Crippen LogP contribution < -0.4 is 15.4 Å². The molecule has 21 heavy (non-hydrogen) atoms. The van der Waals surface area contributed by atoms with Crippen molar-refractivity contribution in [2.75, 3.05) is 18.5 Å². The fourth-order valence-electron chi connectivity index (χ4n) is 1.53. The highest BCUT2D eigenvalue weighted by atomic mass is 16.5. The zero-order valence-corrected chi connectivity index (χ0v) is 12.9. The number of amides is 2. The quantitative estimate of drug-likeness (QED) is 0.599. The average Bonchev–Trinajstić information content (AvgIpc) is 2.46. The fourth-order valence-corrected chi connectivity index (χ4v) is 1.53.